The first kappa shape index (κ1) is 19.8. The lowest BCUT2D eigenvalue weighted by molar-refractivity contribution is -0.121. The molecule has 0 saturated carbocycles. The highest BCUT2D eigenvalue weighted by Crippen LogP contribution is 2.19. The van der Waals surface area contributed by atoms with Crippen molar-refractivity contribution >= 4 is 27.7 Å². The Morgan fingerprint density at radius 1 is 0.963 bits per heavy atom. The van der Waals surface area contributed by atoms with E-state index >= 15 is 0 Å². The van der Waals surface area contributed by atoms with Crippen LogP contribution in [0.4, 0.5) is 0 Å². The maximum Gasteiger partial charge on any atom is 0.282 e. The Bertz CT molecular complexity index is 873. The van der Waals surface area contributed by atoms with Crippen molar-refractivity contribution < 1.29 is 13.2 Å². The molecule has 1 aliphatic heterocycles. The Labute approximate surface area is 164 Å². The first-order valence-corrected chi connectivity index (χ1v) is 10.5. The molecule has 1 fully saturated rings. The van der Waals surface area contributed by atoms with Crippen molar-refractivity contribution in [1.82, 2.24) is 13.9 Å². The molecule has 2 aromatic rings. The number of halogens is 1. The van der Waals surface area contributed by atoms with Crippen LogP contribution < -0.4 is 5.32 Å². The van der Waals surface area contributed by atoms with Crippen molar-refractivity contribution in [3.63, 3.8) is 0 Å². The van der Waals surface area contributed by atoms with Gasteiger partial charge in [0.05, 0.1) is 6.54 Å². The summed E-state index contributed by atoms with van der Waals surface area (Å²) in [5, 5.41) is 3.39. The highest BCUT2D eigenvalue weighted by molar-refractivity contribution is 7.86. The van der Waals surface area contributed by atoms with Gasteiger partial charge in [-0.3, -0.25) is 4.79 Å². The largest absolute Gasteiger partial charge is 0.351 e. The Balaban J connectivity index is 1.58. The van der Waals surface area contributed by atoms with Gasteiger partial charge in [0.15, 0.2) is 0 Å². The van der Waals surface area contributed by atoms with Crippen molar-refractivity contribution in [2.24, 2.45) is 0 Å². The molecule has 1 N–H and O–H groups in total. The molecule has 2 aromatic carbocycles. The highest BCUT2D eigenvalue weighted by Gasteiger charge is 2.34. The summed E-state index contributed by atoms with van der Waals surface area (Å²) in [4.78, 5) is 12.2. The molecule has 8 heteroatoms. The van der Waals surface area contributed by atoms with E-state index in [4.69, 9.17) is 11.6 Å². The third-order valence-electron chi connectivity index (χ3n) is 4.39. The van der Waals surface area contributed by atoms with Crippen LogP contribution in [0, 0.1) is 0 Å². The van der Waals surface area contributed by atoms with E-state index in [9.17, 15) is 13.2 Å². The van der Waals surface area contributed by atoms with Gasteiger partial charge >= 0.3 is 0 Å². The average molecular weight is 408 g/mol. The summed E-state index contributed by atoms with van der Waals surface area (Å²) in [6, 6.07) is 16.6. The van der Waals surface area contributed by atoms with Crippen molar-refractivity contribution in [2.45, 2.75) is 19.5 Å². The molecule has 6 nitrogen and oxygen atoms in total. The molecule has 1 saturated heterocycles. The number of carbonyl (C=O) groups is 1. The molecule has 0 atom stereocenters. The minimum absolute atomic E-state index is 0.179. The minimum atomic E-state index is -3.66. The molecule has 1 aliphatic rings. The minimum Gasteiger partial charge on any atom is -0.351 e. The SMILES string of the molecule is O=C(CN1CCCN(Cc2ccccc2)S1(=O)=O)NCc1ccc(Cl)cc1. The van der Waals surface area contributed by atoms with Crippen LogP contribution in [0.1, 0.15) is 17.5 Å². The fourth-order valence-electron chi connectivity index (χ4n) is 2.94. The molecular weight excluding hydrogens is 386 g/mol. The fraction of sp³-hybridized carbons (Fsp3) is 0.316. The van der Waals surface area contributed by atoms with Gasteiger partial charge in [0.2, 0.25) is 5.91 Å². The second kappa shape index (κ2) is 8.84. The highest BCUT2D eigenvalue weighted by atomic mass is 35.5. The molecule has 0 radical (unpaired) electrons. The van der Waals surface area contributed by atoms with Crippen molar-refractivity contribution in [3.8, 4) is 0 Å². The maximum absolute atomic E-state index is 12.8. The summed E-state index contributed by atoms with van der Waals surface area (Å²) in [6.45, 7) is 1.27. The topological polar surface area (TPSA) is 69.7 Å². The molecule has 0 aliphatic carbocycles. The molecule has 3 rings (SSSR count). The summed E-state index contributed by atoms with van der Waals surface area (Å²) in [6.07, 6.45) is 0.691. The summed E-state index contributed by atoms with van der Waals surface area (Å²) in [5.41, 5.74) is 1.83. The van der Waals surface area contributed by atoms with Crippen LogP contribution in [0.15, 0.2) is 54.6 Å². The van der Waals surface area contributed by atoms with Gasteiger partial charge in [-0.2, -0.15) is 17.0 Å². The molecule has 1 amide bonds. The van der Waals surface area contributed by atoms with Crippen LogP contribution in [0.25, 0.3) is 0 Å². The van der Waals surface area contributed by atoms with Crippen LogP contribution >= 0.6 is 11.6 Å². The van der Waals surface area contributed by atoms with Crippen molar-refractivity contribution in [1.29, 1.82) is 0 Å². The van der Waals surface area contributed by atoms with Crippen molar-refractivity contribution in [2.75, 3.05) is 19.6 Å². The van der Waals surface area contributed by atoms with Gasteiger partial charge in [-0.1, -0.05) is 54.1 Å². The van der Waals surface area contributed by atoms with E-state index in [1.807, 2.05) is 42.5 Å². The number of nitrogens with one attached hydrogen (secondary N) is 1. The number of rotatable bonds is 6. The van der Waals surface area contributed by atoms with Gasteiger partial charge in [-0.25, -0.2) is 0 Å². The normalized spacial score (nSPS) is 17.5. The number of amides is 1. The molecule has 0 spiro atoms. The van der Waals surface area contributed by atoms with Crippen molar-refractivity contribution in [3.05, 3.63) is 70.7 Å². The number of hydrogen-bond donors (Lipinski definition) is 1. The van der Waals surface area contributed by atoms with Gasteiger partial charge in [0.1, 0.15) is 0 Å². The zero-order chi connectivity index (χ0) is 19.3. The summed E-state index contributed by atoms with van der Waals surface area (Å²) in [5.74, 6) is -0.324. The fourth-order valence-corrected chi connectivity index (χ4v) is 4.71. The maximum atomic E-state index is 12.8. The van der Waals surface area contributed by atoms with Gasteiger partial charge < -0.3 is 5.32 Å². The van der Waals surface area contributed by atoms with E-state index in [-0.39, 0.29) is 12.5 Å². The van der Waals surface area contributed by atoms with Gasteiger partial charge in [0, 0.05) is 31.2 Å². The molecule has 0 bridgehead atoms. The van der Waals surface area contributed by atoms with E-state index in [2.05, 4.69) is 5.32 Å². The smallest absolute Gasteiger partial charge is 0.282 e. The monoisotopic (exact) mass is 407 g/mol. The Morgan fingerprint density at radius 3 is 2.33 bits per heavy atom. The Morgan fingerprint density at radius 2 is 1.63 bits per heavy atom. The number of hydrogen-bond acceptors (Lipinski definition) is 3. The first-order chi connectivity index (χ1) is 12.9. The average Bonchev–Trinajstić information content (AvgIpc) is 2.65. The first-order valence-electron chi connectivity index (χ1n) is 8.75. The Kier molecular flexibility index (Phi) is 6.49. The molecule has 27 heavy (non-hydrogen) atoms. The van der Waals surface area contributed by atoms with Crippen LogP contribution in [0.2, 0.25) is 5.02 Å². The van der Waals surface area contributed by atoms with Gasteiger partial charge in [0.25, 0.3) is 10.2 Å². The number of nitrogens with zero attached hydrogens (tertiary/aromatic N) is 2. The molecule has 0 unspecified atom stereocenters. The third kappa shape index (κ3) is 5.29. The van der Waals surface area contributed by atoms with Crippen LogP contribution in [-0.2, 0) is 28.1 Å². The second-order valence-electron chi connectivity index (χ2n) is 6.42. The van der Waals surface area contributed by atoms with E-state index in [1.165, 1.54) is 8.61 Å². The predicted octanol–water partition coefficient (Wildman–Crippen LogP) is 2.41. The number of benzene rings is 2. The summed E-state index contributed by atoms with van der Waals surface area (Å²) in [7, 11) is -3.66. The van der Waals surface area contributed by atoms with Crippen LogP contribution in [0.3, 0.4) is 0 Å². The van der Waals surface area contributed by atoms with Crippen LogP contribution in [0.5, 0.6) is 0 Å². The zero-order valence-electron chi connectivity index (χ0n) is 14.8. The zero-order valence-corrected chi connectivity index (χ0v) is 16.4. The molecule has 0 aromatic heterocycles. The summed E-state index contributed by atoms with van der Waals surface area (Å²) >= 11 is 5.84. The second-order valence-corrected chi connectivity index (χ2v) is 8.78. The van der Waals surface area contributed by atoms with E-state index < -0.39 is 10.2 Å². The van der Waals surface area contributed by atoms with Gasteiger partial charge in [-0.05, 0) is 29.7 Å². The molecule has 144 valence electrons. The standard InChI is InChI=1S/C19H22ClN3O3S/c20-18-9-7-16(8-10-18)13-21-19(24)15-23-12-4-11-22(27(23,25)26)14-17-5-2-1-3-6-17/h1-3,5-10H,4,11-15H2,(H,21,24). The quantitative estimate of drug-likeness (QED) is 0.799. The summed E-state index contributed by atoms with van der Waals surface area (Å²) < 4.78 is 28.3. The molecular formula is C19H22ClN3O3S. The molecule has 1 heterocycles. The van der Waals surface area contributed by atoms with Crippen LogP contribution in [-0.4, -0.2) is 42.6 Å². The predicted molar refractivity (Wildman–Crippen MR) is 105 cm³/mol. The third-order valence-corrected chi connectivity index (χ3v) is 6.57. The van der Waals surface area contributed by atoms with E-state index in [0.29, 0.717) is 37.6 Å². The lowest BCUT2D eigenvalue weighted by Gasteiger charge is -2.34. The lowest BCUT2D eigenvalue weighted by Crippen LogP contribution is -2.52. The van der Waals surface area contributed by atoms with E-state index in [1.54, 1.807) is 12.1 Å². The van der Waals surface area contributed by atoms with Gasteiger partial charge in [-0.15, -0.1) is 0 Å². The Hall–Kier alpha value is -1.93. The number of carbonyl (C=O) groups excluding carboxylic acids is 1. The van der Waals surface area contributed by atoms with E-state index in [0.717, 1.165) is 11.1 Å². The lowest BCUT2D eigenvalue weighted by atomic mass is 10.2.